The zero-order valence-corrected chi connectivity index (χ0v) is 19.5. The van der Waals surface area contributed by atoms with Gasteiger partial charge >= 0.3 is 0 Å². The topological polar surface area (TPSA) is 77.9 Å². The van der Waals surface area contributed by atoms with Crippen molar-refractivity contribution in [3.8, 4) is 0 Å². The van der Waals surface area contributed by atoms with E-state index in [1.54, 1.807) is 43.4 Å². The number of hydrogen-bond acceptors (Lipinski definition) is 4. The molecule has 4 rings (SSSR count). The summed E-state index contributed by atoms with van der Waals surface area (Å²) in [7, 11) is 1.60. The molecule has 1 N–H and O–H groups in total. The molecule has 0 unspecified atom stereocenters. The fraction of sp³-hybridized carbons (Fsp3) is 0.423. The normalized spacial score (nSPS) is 22.1. The molecule has 1 aliphatic carbocycles. The van der Waals surface area contributed by atoms with Gasteiger partial charge in [-0.25, -0.2) is 0 Å². The Morgan fingerprint density at radius 2 is 1.76 bits per heavy atom. The van der Waals surface area contributed by atoms with E-state index in [0.29, 0.717) is 16.1 Å². The number of carbonyl (C=O) groups is 3. The Balaban J connectivity index is 1.61. The van der Waals surface area contributed by atoms with Crippen LogP contribution in [0.4, 0.5) is 0 Å². The fourth-order valence-corrected chi connectivity index (χ4v) is 5.44. The number of aliphatic hydroxyl groups is 1. The van der Waals surface area contributed by atoms with Crippen molar-refractivity contribution in [3.05, 3.63) is 70.7 Å². The zero-order chi connectivity index (χ0) is 23.6. The van der Waals surface area contributed by atoms with Gasteiger partial charge in [-0.15, -0.1) is 0 Å². The van der Waals surface area contributed by atoms with Gasteiger partial charge in [0.15, 0.2) is 0 Å². The monoisotopic (exact) mass is 468 g/mol. The van der Waals surface area contributed by atoms with Crippen LogP contribution >= 0.6 is 11.6 Å². The summed E-state index contributed by atoms with van der Waals surface area (Å²) in [4.78, 5) is 43.0. The lowest BCUT2D eigenvalue weighted by Gasteiger charge is -2.31. The molecule has 2 aromatic carbocycles. The molecule has 7 heteroatoms. The van der Waals surface area contributed by atoms with Crippen LogP contribution in [0.25, 0.3) is 0 Å². The molecule has 0 radical (unpaired) electrons. The molecule has 1 heterocycles. The number of benzene rings is 2. The van der Waals surface area contributed by atoms with E-state index in [9.17, 15) is 19.5 Å². The maximum absolute atomic E-state index is 13.8. The summed E-state index contributed by atoms with van der Waals surface area (Å²) < 4.78 is 0. The first-order chi connectivity index (χ1) is 15.8. The van der Waals surface area contributed by atoms with Crippen molar-refractivity contribution in [2.24, 2.45) is 0 Å². The zero-order valence-electron chi connectivity index (χ0n) is 18.7. The highest BCUT2D eigenvalue weighted by Crippen LogP contribution is 2.45. The van der Waals surface area contributed by atoms with Crippen LogP contribution < -0.4 is 0 Å². The summed E-state index contributed by atoms with van der Waals surface area (Å²) in [6.45, 7) is 0.0793. The Bertz CT molecular complexity index is 1040. The average Bonchev–Trinajstić information content (AvgIpc) is 3.41. The van der Waals surface area contributed by atoms with E-state index in [2.05, 4.69) is 0 Å². The van der Waals surface area contributed by atoms with Gasteiger partial charge in [0, 0.05) is 31.0 Å². The van der Waals surface area contributed by atoms with Gasteiger partial charge in [0.25, 0.3) is 0 Å². The van der Waals surface area contributed by atoms with Crippen molar-refractivity contribution in [2.45, 2.75) is 56.1 Å². The van der Waals surface area contributed by atoms with Crippen molar-refractivity contribution < 1.29 is 19.5 Å². The maximum Gasteiger partial charge on any atom is 0.241 e. The predicted octanol–water partition coefficient (Wildman–Crippen LogP) is 3.86. The number of aliphatic hydroxyl groups excluding tert-OH is 1. The lowest BCUT2D eigenvalue weighted by Crippen LogP contribution is -2.46. The number of rotatable bonds is 7. The molecule has 174 valence electrons. The van der Waals surface area contributed by atoms with E-state index in [-0.39, 0.29) is 43.1 Å². The molecule has 1 aliphatic heterocycles. The SMILES string of the molecule is CN(C[C@@H](O)c1ccccc1)C(=O)C[C@@]1(c2ccccc2Cl)CC(=O)N(C2CCCC2)C1=O. The third-order valence-corrected chi connectivity index (χ3v) is 7.27. The lowest BCUT2D eigenvalue weighted by atomic mass is 9.75. The van der Waals surface area contributed by atoms with Crippen LogP contribution in [0.1, 0.15) is 55.8 Å². The van der Waals surface area contributed by atoms with Gasteiger partial charge in [-0.05, 0) is 30.0 Å². The lowest BCUT2D eigenvalue weighted by molar-refractivity contribution is -0.144. The second-order valence-electron chi connectivity index (χ2n) is 9.12. The van der Waals surface area contributed by atoms with Gasteiger partial charge in [-0.1, -0.05) is 73.0 Å². The van der Waals surface area contributed by atoms with Gasteiger partial charge < -0.3 is 10.0 Å². The molecular weight excluding hydrogens is 440 g/mol. The number of likely N-dealkylation sites (N-methyl/N-ethyl adjacent to an activating group) is 1. The van der Waals surface area contributed by atoms with Crippen LogP contribution in [-0.4, -0.2) is 52.3 Å². The van der Waals surface area contributed by atoms with Crippen LogP contribution in [0.2, 0.25) is 5.02 Å². The molecule has 2 fully saturated rings. The average molecular weight is 469 g/mol. The van der Waals surface area contributed by atoms with Crippen molar-refractivity contribution in [1.82, 2.24) is 9.80 Å². The van der Waals surface area contributed by atoms with E-state index in [0.717, 1.165) is 25.7 Å². The first kappa shape index (κ1) is 23.5. The summed E-state index contributed by atoms with van der Waals surface area (Å²) in [5.41, 5.74) is -0.116. The van der Waals surface area contributed by atoms with Crippen LogP contribution in [-0.2, 0) is 19.8 Å². The molecule has 1 saturated carbocycles. The van der Waals surface area contributed by atoms with Crippen LogP contribution in [0, 0.1) is 0 Å². The summed E-state index contributed by atoms with van der Waals surface area (Å²) in [6.07, 6.45) is 2.46. The highest BCUT2D eigenvalue weighted by Gasteiger charge is 2.56. The van der Waals surface area contributed by atoms with Crippen molar-refractivity contribution in [1.29, 1.82) is 0 Å². The van der Waals surface area contributed by atoms with Crippen LogP contribution in [0.3, 0.4) is 0 Å². The van der Waals surface area contributed by atoms with Crippen molar-refractivity contribution in [2.75, 3.05) is 13.6 Å². The van der Waals surface area contributed by atoms with Gasteiger partial charge in [0.2, 0.25) is 17.7 Å². The third-order valence-electron chi connectivity index (χ3n) is 6.94. The molecule has 3 amide bonds. The number of carbonyl (C=O) groups excluding carboxylic acids is 3. The second kappa shape index (κ2) is 9.65. The first-order valence-corrected chi connectivity index (χ1v) is 11.8. The number of hydrogen-bond donors (Lipinski definition) is 1. The van der Waals surface area contributed by atoms with Crippen LogP contribution in [0.15, 0.2) is 54.6 Å². The van der Waals surface area contributed by atoms with E-state index in [4.69, 9.17) is 11.6 Å². The third kappa shape index (κ3) is 4.55. The molecule has 2 atom stereocenters. The standard InChI is InChI=1S/C26H29ClN2O4/c1-28(17-22(30)18-9-3-2-4-10-18)23(31)15-26(20-13-7-8-14-21(20)27)16-24(32)29(25(26)33)19-11-5-6-12-19/h2-4,7-10,13-14,19,22,30H,5-6,11-12,15-17H2,1H3/t22-,26+/m1/s1. The first-order valence-electron chi connectivity index (χ1n) is 11.4. The second-order valence-corrected chi connectivity index (χ2v) is 9.53. The molecule has 0 aromatic heterocycles. The van der Waals surface area contributed by atoms with Gasteiger partial charge in [-0.2, -0.15) is 0 Å². The van der Waals surface area contributed by atoms with Crippen molar-refractivity contribution in [3.63, 3.8) is 0 Å². The maximum atomic E-state index is 13.8. The van der Waals surface area contributed by atoms with Crippen molar-refractivity contribution >= 4 is 29.3 Å². The summed E-state index contributed by atoms with van der Waals surface area (Å²) in [6, 6.07) is 15.9. The highest BCUT2D eigenvalue weighted by molar-refractivity contribution is 6.32. The number of imide groups is 1. The predicted molar refractivity (Wildman–Crippen MR) is 126 cm³/mol. The number of halogens is 1. The minimum absolute atomic E-state index is 0.0765. The Morgan fingerprint density at radius 1 is 1.12 bits per heavy atom. The Hall–Kier alpha value is -2.70. The molecule has 0 bridgehead atoms. The largest absolute Gasteiger partial charge is 0.387 e. The quantitative estimate of drug-likeness (QED) is 0.626. The molecular formula is C26H29ClN2O4. The molecule has 0 spiro atoms. The number of likely N-dealkylation sites (tertiary alicyclic amines) is 1. The molecule has 6 nitrogen and oxygen atoms in total. The van der Waals surface area contributed by atoms with Gasteiger partial charge in [-0.3, -0.25) is 19.3 Å². The molecule has 1 saturated heterocycles. The summed E-state index contributed by atoms with van der Waals surface area (Å²) in [5.74, 6) is -0.899. The van der Waals surface area contributed by atoms with Crippen LogP contribution in [0.5, 0.6) is 0 Å². The molecule has 2 aromatic rings. The number of amides is 3. The molecule has 2 aliphatic rings. The van der Waals surface area contributed by atoms with Gasteiger partial charge in [0.05, 0.1) is 18.1 Å². The van der Waals surface area contributed by atoms with E-state index in [1.165, 1.54) is 9.80 Å². The minimum atomic E-state index is -1.33. The van der Waals surface area contributed by atoms with E-state index < -0.39 is 11.5 Å². The smallest absolute Gasteiger partial charge is 0.241 e. The summed E-state index contributed by atoms with van der Waals surface area (Å²) in [5, 5.41) is 10.9. The van der Waals surface area contributed by atoms with Gasteiger partial charge in [0.1, 0.15) is 0 Å². The fourth-order valence-electron chi connectivity index (χ4n) is 5.12. The Kier molecular flexibility index (Phi) is 6.86. The van der Waals surface area contributed by atoms with E-state index >= 15 is 0 Å². The van der Waals surface area contributed by atoms with E-state index in [1.807, 2.05) is 18.2 Å². The number of nitrogens with zero attached hydrogens (tertiary/aromatic N) is 2. The summed E-state index contributed by atoms with van der Waals surface area (Å²) >= 11 is 6.49. The molecule has 33 heavy (non-hydrogen) atoms. The minimum Gasteiger partial charge on any atom is -0.387 e. The Labute approximate surface area is 199 Å². The Morgan fingerprint density at radius 3 is 2.42 bits per heavy atom. The highest BCUT2D eigenvalue weighted by atomic mass is 35.5.